The first kappa shape index (κ1) is 20.2. The Bertz CT molecular complexity index is 788. The summed E-state index contributed by atoms with van der Waals surface area (Å²) in [5.41, 5.74) is 8.38. The van der Waals surface area contributed by atoms with E-state index in [1.807, 2.05) is 61.5 Å². The molecule has 0 bridgehead atoms. The maximum absolute atomic E-state index is 12.7. The zero-order chi connectivity index (χ0) is 19.8. The lowest BCUT2D eigenvalue weighted by Crippen LogP contribution is -2.54. The Kier molecular flexibility index (Phi) is 7.11. The van der Waals surface area contributed by atoms with Crippen molar-refractivity contribution in [3.8, 4) is 0 Å². The third kappa shape index (κ3) is 6.58. The van der Waals surface area contributed by atoms with Crippen molar-refractivity contribution >= 4 is 17.7 Å². The van der Waals surface area contributed by atoms with Gasteiger partial charge in [0, 0.05) is 19.8 Å². The van der Waals surface area contributed by atoms with Gasteiger partial charge in [-0.3, -0.25) is 14.4 Å². The number of carbonyl (C=O) groups is 3. The normalized spacial score (nSPS) is 12.7. The van der Waals surface area contributed by atoms with Gasteiger partial charge in [-0.05, 0) is 18.1 Å². The summed E-state index contributed by atoms with van der Waals surface area (Å²) in [5, 5.41) is 5.32. The minimum absolute atomic E-state index is 0.291. The van der Waals surface area contributed by atoms with Crippen LogP contribution in [0.15, 0.2) is 54.6 Å². The number of primary amides is 1. The minimum atomic E-state index is -0.854. The third-order valence-electron chi connectivity index (χ3n) is 4.20. The van der Waals surface area contributed by atoms with Crippen LogP contribution < -0.4 is 16.4 Å². The molecule has 2 aromatic rings. The average Bonchev–Trinajstić information content (AvgIpc) is 2.62. The number of hydrogen-bond donors (Lipinski definition) is 3. The van der Waals surface area contributed by atoms with Crippen LogP contribution in [0.3, 0.4) is 0 Å². The lowest BCUT2D eigenvalue weighted by molar-refractivity contribution is -0.130. The summed E-state index contributed by atoms with van der Waals surface area (Å²) in [7, 11) is 0. The maximum Gasteiger partial charge on any atom is 0.243 e. The van der Waals surface area contributed by atoms with E-state index in [1.165, 1.54) is 6.92 Å². The number of hydrogen-bond acceptors (Lipinski definition) is 3. The summed E-state index contributed by atoms with van der Waals surface area (Å²) in [6.07, 6.45) is 0.613. The van der Waals surface area contributed by atoms with E-state index in [0.29, 0.717) is 12.8 Å². The quantitative estimate of drug-likeness (QED) is 0.654. The molecule has 2 atom stereocenters. The van der Waals surface area contributed by atoms with Gasteiger partial charge >= 0.3 is 0 Å². The highest BCUT2D eigenvalue weighted by Crippen LogP contribution is 2.08. The first-order valence-electron chi connectivity index (χ1n) is 8.81. The second-order valence-electron chi connectivity index (χ2n) is 6.60. The zero-order valence-electron chi connectivity index (χ0n) is 15.6. The summed E-state index contributed by atoms with van der Waals surface area (Å²) in [6, 6.07) is 15.4. The Morgan fingerprint density at radius 3 is 1.96 bits per heavy atom. The molecule has 2 aromatic carbocycles. The fraction of sp³-hybridized carbons (Fsp3) is 0.286. The fourth-order valence-corrected chi connectivity index (χ4v) is 2.76. The number of benzene rings is 2. The molecule has 0 fully saturated rings. The standard InChI is InChI=1S/C21H25N3O3/c1-14-8-10-17(11-9-14)12-18(20(22)26)24-21(27)19(23-15(2)25)13-16-6-4-3-5-7-16/h3-11,18-19H,12-13H2,1-2H3,(H2,22,26)(H,23,25)(H,24,27)/t18-,19-/m1/s1. The van der Waals surface area contributed by atoms with Crippen LogP contribution in [0.2, 0.25) is 0 Å². The Morgan fingerprint density at radius 2 is 1.41 bits per heavy atom. The summed E-state index contributed by atoms with van der Waals surface area (Å²) in [4.78, 5) is 36.0. The van der Waals surface area contributed by atoms with Crippen molar-refractivity contribution in [1.29, 1.82) is 0 Å². The number of aryl methyl sites for hydroxylation is 1. The molecule has 0 saturated carbocycles. The number of amides is 3. The van der Waals surface area contributed by atoms with Crippen LogP contribution in [0.25, 0.3) is 0 Å². The van der Waals surface area contributed by atoms with Crippen LogP contribution in [-0.2, 0) is 27.2 Å². The molecule has 2 rings (SSSR count). The second kappa shape index (κ2) is 9.52. The Morgan fingerprint density at radius 1 is 0.852 bits per heavy atom. The van der Waals surface area contributed by atoms with E-state index in [4.69, 9.17) is 5.73 Å². The second-order valence-corrected chi connectivity index (χ2v) is 6.60. The molecule has 27 heavy (non-hydrogen) atoms. The van der Waals surface area contributed by atoms with E-state index < -0.39 is 23.9 Å². The van der Waals surface area contributed by atoms with E-state index >= 15 is 0 Å². The summed E-state index contributed by atoms with van der Waals surface area (Å²) >= 11 is 0. The third-order valence-corrected chi connectivity index (χ3v) is 4.20. The molecule has 0 aliphatic rings. The monoisotopic (exact) mass is 367 g/mol. The Labute approximate surface area is 159 Å². The molecule has 4 N–H and O–H groups in total. The van der Waals surface area contributed by atoms with Crippen LogP contribution in [0.1, 0.15) is 23.6 Å². The number of rotatable bonds is 8. The van der Waals surface area contributed by atoms with Crippen molar-refractivity contribution < 1.29 is 14.4 Å². The van der Waals surface area contributed by atoms with Crippen LogP contribution in [0.5, 0.6) is 0 Å². The number of nitrogens with one attached hydrogen (secondary N) is 2. The molecule has 0 radical (unpaired) electrons. The lowest BCUT2D eigenvalue weighted by Gasteiger charge is -2.22. The van der Waals surface area contributed by atoms with Crippen molar-refractivity contribution in [2.45, 2.75) is 38.8 Å². The van der Waals surface area contributed by atoms with Crippen molar-refractivity contribution in [1.82, 2.24) is 10.6 Å². The topological polar surface area (TPSA) is 101 Å². The van der Waals surface area contributed by atoms with Crippen molar-refractivity contribution in [3.05, 3.63) is 71.3 Å². The SMILES string of the molecule is CC(=O)N[C@H](Cc1ccccc1)C(=O)N[C@H](Cc1ccc(C)cc1)C(N)=O. The highest BCUT2D eigenvalue weighted by atomic mass is 16.2. The lowest BCUT2D eigenvalue weighted by atomic mass is 10.0. The van der Waals surface area contributed by atoms with Crippen LogP contribution in [0, 0.1) is 6.92 Å². The first-order chi connectivity index (χ1) is 12.8. The predicted molar refractivity (Wildman–Crippen MR) is 104 cm³/mol. The van der Waals surface area contributed by atoms with Gasteiger partial charge in [-0.15, -0.1) is 0 Å². The van der Waals surface area contributed by atoms with Gasteiger partial charge in [0.15, 0.2) is 0 Å². The molecular formula is C21H25N3O3. The maximum atomic E-state index is 12.7. The van der Waals surface area contributed by atoms with Gasteiger partial charge in [0.05, 0.1) is 0 Å². The summed E-state index contributed by atoms with van der Waals surface area (Å²) in [5.74, 6) is -1.38. The zero-order valence-corrected chi connectivity index (χ0v) is 15.6. The number of nitrogens with two attached hydrogens (primary N) is 1. The summed E-state index contributed by atoms with van der Waals surface area (Å²) < 4.78 is 0. The molecule has 6 heteroatoms. The minimum Gasteiger partial charge on any atom is -0.368 e. The molecule has 0 saturated heterocycles. The van der Waals surface area contributed by atoms with Crippen molar-refractivity contribution in [3.63, 3.8) is 0 Å². The first-order valence-corrected chi connectivity index (χ1v) is 8.81. The van der Waals surface area contributed by atoms with E-state index in [-0.39, 0.29) is 5.91 Å². The van der Waals surface area contributed by atoms with E-state index in [0.717, 1.165) is 16.7 Å². The fourth-order valence-electron chi connectivity index (χ4n) is 2.76. The van der Waals surface area contributed by atoms with Gasteiger partial charge in [0.25, 0.3) is 0 Å². The molecule has 0 aliphatic heterocycles. The summed E-state index contributed by atoms with van der Waals surface area (Å²) in [6.45, 7) is 3.32. The largest absolute Gasteiger partial charge is 0.368 e. The van der Waals surface area contributed by atoms with Gasteiger partial charge < -0.3 is 16.4 Å². The predicted octanol–water partition coefficient (Wildman–Crippen LogP) is 1.26. The van der Waals surface area contributed by atoms with Gasteiger partial charge in [-0.2, -0.15) is 0 Å². The number of carbonyl (C=O) groups excluding carboxylic acids is 3. The smallest absolute Gasteiger partial charge is 0.243 e. The van der Waals surface area contributed by atoms with Crippen LogP contribution in [-0.4, -0.2) is 29.8 Å². The molecule has 142 valence electrons. The van der Waals surface area contributed by atoms with Crippen molar-refractivity contribution in [2.24, 2.45) is 5.73 Å². The van der Waals surface area contributed by atoms with Gasteiger partial charge in [0.1, 0.15) is 12.1 Å². The van der Waals surface area contributed by atoms with Gasteiger partial charge in [-0.1, -0.05) is 60.2 Å². The molecule has 0 heterocycles. The molecule has 3 amide bonds. The molecular weight excluding hydrogens is 342 g/mol. The van der Waals surface area contributed by atoms with Crippen LogP contribution >= 0.6 is 0 Å². The molecule has 0 unspecified atom stereocenters. The Balaban J connectivity index is 2.10. The molecule has 0 aromatic heterocycles. The van der Waals surface area contributed by atoms with Crippen LogP contribution in [0.4, 0.5) is 0 Å². The average molecular weight is 367 g/mol. The van der Waals surface area contributed by atoms with Crippen molar-refractivity contribution in [2.75, 3.05) is 0 Å². The molecule has 0 spiro atoms. The highest BCUT2D eigenvalue weighted by molar-refractivity contribution is 5.91. The van der Waals surface area contributed by atoms with E-state index in [1.54, 1.807) is 0 Å². The molecule has 0 aliphatic carbocycles. The van der Waals surface area contributed by atoms with Gasteiger partial charge in [-0.25, -0.2) is 0 Å². The Hall–Kier alpha value is -3.15. The van der Waals surface area contributed by atoms with Gasteiger partial charge in [0.2, 0.25) is 17.7 Å². The molecule has 6 nitrogen and oxygen atoms in total. The van der Waals surface area contributed by atoms with E-state index in [2.05, 4.69) is 10.6 Å². The highest BCUT2D eigenvalue weighted by Gasteiger charge is 2.25. The van der Waals surface area contributed by atoms with E-state index in [9.17, 15) is 14.4 Å².